The number of rotatable bonds is 14. The summed E-state index contributed by atoms with van der Waals surface area (Å²) in [6.45, 7) is 1.73. The molecule has 0 N–H and O–H groups in total. The first-order valence-corrected chi connectivity index (χ1v) is 12.5. The summed E-state index contributed by atoms with van der Waals surface area (Å²) in [7, 11) is 1.53. The number of esters is 1. The molecule has 3 aromatic rings. The summed E-state index contributed by atoms with van der Waals surface area (Å²) in [6, 6.07) is 8.39. The third-order valence-corrected chi connectivity index (χ3v) is 6.23. The summed E-state index contributed by atoms with van der Waals surface area (Å²) in [5.41, 5.74) is 1.20. The van der Waals surface area contributed by atoms with Crippen molar-refractivity contribution in [2.24, 2.45) is 5.92 Å². The molecule has 0 saturated carbocycles. The molecule has 0 saturated heterocycles. The van der Waals surface area contributed by atoms with E-state index >= 15 is 0 Å². The number of halogens is 4. The molecular formula is C29H32F4N2O3. The van der Waals surface area contributed by atoms with Crippen LogP contribution in [0.5, 0.6) is 5.75 Å². The Morgan fingerprint density at radius 1 is 1.13 bits per heavy atom. The van der Waals surface area contributed by atoms with Gasteiger partial charge in [-0.3, -0.25) is 14.7 Å². The minimum absolute atomic E-state index is 0.0509. The first-order chi connectivity index (χ1) is 18.4. The molecule has 0 aliphatic heterocycles. The molecule has 3 rings (SSSR count). The zero-order valence-corrected chi connectivity index (χ0v) is 21.6. The third-order valence-electron chi connectivity index (χ3n) is 6.23. The molecule has 204 valence electrons. The number of ether oxygens (including phenoxy) is 2. The van der Waals surface area contributed by atoms with Gasteiger partial charge in [0, 0.05) is 30.6 Å². The number of carbonyl (C=O) groups is 1. The van der Waals surface area contributed by atoms with Crippen LogP contribution in [0.3, 0.4) is 0 Å². The number of aromatic nitrogens is 1. The van der Waals surface area contributed by atoms with E-state index in [1.165, 1.54) is 19.4 Å². The van der Waals surface area contributed by atoms with Crippen LogP contribution in [0.4, 0.5) is 17.6 Å². The second-order valence-electron chi connectivity index (χ2n) is 8.83. The van der Waals surface area contributed by atoms with Crippen LogP contribution in [0.2, 0.25) is 0 Å². The Kier molecular flexibility index (Phi) is 11.1. The highest BCUT2D eigenvalue weighted by Crippen LogP contribution is 2.26. The number of alkyl halides is 1. The van der Waals surface area contributed by atoms with Crippen molar-refractivity contribution in [3.63, 3.8) is 0 Å². The van der Waals surface area contributed by atoms with Crippen LogP contribution in [0.1, 0.15) is 30.9 Å². The fourth-order valence-electron chi connectivity index (χ4n) is 4.31. The van der Waals surface area contributed by atoms with Crippen molar-refractivity contribution in [2.45, 2.75) is 26.2 Å². The van der Waals surface area contributed by atoms with E-state index < -0.39 is 36.0 Å². The number of methoxy groups -OCH3 is 1. The van der Waals surface area contributed by atoms with E-state index in [1.807, 2.05) is 0 Å². The molecule has 9 heteroatoms. The lowest BCUT2D eigenvalue weighted by molar-refractivity contribution is -0.149. The Bertz CT molecular complexity index is 1250. The molecule has 1 heterocycles. The normalized spacial score (nSPS) is 12.4. The number of aryl methyl sites for hydroxylation is 1. The quantitative estimate of drug-likeness (QED) is 0.184. The molecule has 1 atom stereocenters. The number of hydrogen-bond acceptors (Lipinski definition) is 5. The first kappa shape index (κ1) is 29.1. The van der Waals surface area contributed by atoms with Crippen LogP contribution < -0.4 is 4.74 Å². The largest absolute Gasteiger partial charge is 0.497 e. The molecule has 5 nitrogen and oxygen atoms in total. The molecular weight excluding hydrogens is 500 g/mol. The summed E-state index contributed by atoms with van der Waals surface area (Å²) < 4.78 is 65.8. The fourth-order valence-corrected chi connectivity index (χ4v) is 4.31. The topological polar surface area (TPSA) is 51.7 Å². The van der Waals surface area contributed by atoms with Crippen molar-refractivity contribution in [1.82, 2.24) is 9.88 Å². The molecule has 0 radical (unpaired) electrons. The van der Waals surface area contributed by atoms with Gasteiger partial charge in [-0.2, -0.15) is 0 Å². The SMILES string of the molecule is CCOC(=O)C(CCCc1c(F)cnc2ccc(OC)cc12)CN(C/C=C/c1cc(F)ccc1F)CCF. The van der Waals surface area contributed by atoms with Gasteiger partial charge in [0.2, 0.25) is 0 Å². The monoisotopic (exact) mass is 532 g/mol. The lowest BCUT2D eigenvalue weighted by atomic mass is 9.97. The van der Waals surface area contributed by atoms with Gasteiger partial charge in [-0.25, -0.2) is 17.6 Å². The molecule has 0 aliphatic rings. The van der Waals surface area contributed by atoms with Gasteiger partial charge in [-0.05, 0) is 68.1 Å². The number of fused-ring (bicyclic) bond motifs is 1. The van der Waals surface area contributed by atoms with Gasteiger partial charge in [0.05, 0.1) is 31.3 Å². The van der Waals surface area contributed by atoms with Crippen LogP contribution in [-0.2, 0) is 16.0 Å². The third kappa shape index (κ3) is 8.02. The average molecular weight is 533 g/mol. The van der Waals surface area contributed by atoms with Crippen LogP contribution in [-0.4, -0.2) is 55.9 Å². The van der Waals surface area contributed by atoms with Gasteiger partial charge in [0.1, 0.15) is 29.9 Å². The van der Waals surface area contributed by atoms with Crippen LogP contribution in [0, 0.1) is 23.4 Å². The maximum absolute atomic E-state index is 14.7. The van der Waals surface area contributed by atoms with E-state index in [-0.39, 0.29) is 31.8 Å². The number of hydrogen-bond donors (Lipinski definition) is 0. The highest BCUT2D eigenvalue weighted by molar-refractivity contribution is 5.83. The van der Waals surface area contributed by atoms with Crippen molar-refractivity contribution in [1.29, 1.82) is 0 Å². The van der Waals surface area contributed by atoms with E-state index in [2.05, 4.69) is 4.98 Å². The zero-order valence-electron chi connectivity index (χ0n) is 21.6. The van der Waals surface area contributed by atoms with Gasteiger partial charge < -0.3 is 9.47 Å². The molecule has 38 heavy (non-hydrogen) atoms. The Morgan fingerprint density at radius 3 is 2.68 bits per heavy atom. The molecule has 0 bridgehead atoms. The Balaban J connectivity index is 1.71. The maximum Gasteiger partial charge on any atom is 0.310 e. The van der Waals surface area contributed by atoms with Gasteiger partial charge >= 0.3 is 5.97 Å². The van der Waals surface area contributed by atoms with Gasteiger partial charge in [-0.15, -0.1) is 0 Å². The predicted octanol–water partition coefficient (Wildman–Crippen LogP) is 6.15. The summed E-state index contributed by atoms with van der Waals surface area (Å²) in [5, 5.41) is 0.644. The highest BCUT2D eigenvalue weighted by Gasteiger charge is 2.23. The van der Waals surface area contributed by atoms with E-state index in [0.717, 1.165) is 18.2 Å². The lowest BCUT2D eigenvalue weighted by Crippen LogP contribution is -2.35. The van der Waals surface area contributed by atoms with E-state index in [9.17, 15) is 22.4 Å². The molecule has 0 aliphatic carbocycles. The van der Waals surface area contributed by atoms with Crippen LogP contribution in [0.25, 0.3) is 17.0 Å². The number of pyridine rings is 1. The summed E-state index contributed by atoms with van der Waals surface area (Å²) in [4.78, 5) is 18.6. The van der Waals surface area contributed by atoms with Crippen molar-refractivity contribution in [2.75, 3.05) is 40.0 Å². The molecule has 0 fully saturated rings. The average Bonchev–Trinajstić information content (AvgIpc) is 2.91. The predicted molar refractivity (Wildman–Crippen MR) is 139 cm³/mol. The van der Waals surface area contributed by atoms with E-state index in [4.69, 9.17) is 9.47 Å². The lowest BCUT2D eigenvalue weighted by Gasteiger charge is -2.25. The fraction of sp³-hybridized carbons (Fsp3) is 0.379. The van der Waals surface area contributed by atoms with Crippen LogP contribution in [0.15, 0.2) is 48.7 Å². The Hall–Kier alpha value is -3.46. The second kappa shape index (κ2) is 14.5. The van der Waals surface area contributed by atoms with Crippen molar-refractivity contribution in [3.8, 4) is 5.75 Å². The summed E-state index contributed by atoms with van der Waals surface area (Å²) in [5.74, 6) is -1.98. The Morgan fingerprint density at radius 2 is 1.95 bits per heavy atom. The standard InChI is InChI=1S/C29H32F4N2O3/c1-3-38-29(36)21(19-35(15-13-30)14-5-7-20-16-22(31)9-11-26(20)32)6-4-8-24-25-17-23(37-2)10-12-28(25)34-18-27(24)33/h5,7,9-12,16-18,21H,3-4,6,8,13-15,19H2,1-2H3/b7-5+. The molecule has 0 spiro atoms. The summed E-state index contributed by atoms with van der Waals surface area (Å²) >= 11 is 0. The molecule has 1 aromatic heterocycles. The molecule has 1 unspecified atom stereocenters. The van der Waals surface area contributed by atoms with Gasteiger partial charge in [-0.1, -0.05) is 12.2 Å². The number of nitrogens with zero attached hydrogens (tertiary/aromatic N) is 2. The Labute approximate surface area is 220 Å². The van der Waals surface area contributed by atoms with E-state index in [1.54, 1.807) is 36.1 Å². The minimum Gasteiger partial charge on any atom is -0.497 e. The smallest absolute Gasteiger partial charge is 0.310 e. The van der Waals surface area contributed by atoms with Crippen molar-refractivity contribution < 1.29 is 31.8 Å². The molecule has 0 amide bonds. The number of benzene rings is 2. The van der Waals surface area contributed by atoms with E-state index in [0.29, 0.717) is 41.5 Å². The number of carbonyl (C=O) groups excluding carboxylic acids is 1. The van der Waals surface area contributed by atoms with Crippen LogP contribution >= 0.6 is 0 Å². The highest BCUT2D eigenvalue weighted by atomic mass is 19.1. The van der Waals surface area contributed by atoms with Crippen molar-refractivity contribution >= 4 is 22.9 Å². The minimum atomic E-state index is -0.645. The van der Waals surface area contributed by atoms with Gasteiger partial charge in [0.15, 0.2) is 0 Å². The first-order valence-electron chi connectivity index (χ1n) is 12.5. The van der Waals surface area contributed by atoms with Gasteiger partial charge in [0.25, 0.3) is 0 Å². The summed E-state index contributed by atoms with van der Waals surface area (Å²) in [6.07, 6.45) is 5.43. The maximum atomic E-state index is 14.7. The zero-order chi connectivity index (χ0) is 27.5. The molecule has 2 aromatic carbocycles. The second-order valence-corrected chi connectivity index (χ2v) is 8.83. The van der Waals surface area contributed by atoms with Crippen molar-refractivity contribution in [3.05, 3.63) is 77.2 Å².